The Kier molecular flexibility index (Phi) is 36.4. The van der Waals surface area contributed by atoms with Crippen LogP contribution in [0.5, 0.6) is 0 Å². The predicted molar refractivity (Wildman–Crippen MR) is 206 cm³/mol. The van der Waals surface area contributed by atoms with Gasteiger partial charge in [0.15, 0.2) is 6.10 Å². The van der Waals surface area contributed by atoms with E-state index in [1.807, 2.05) is 0 Å². The van der Waals surface area contributed by atoms with E-state index < -0.39 is 6.10 Å². The fourth-order valence-electron chi connectivity index (χ4n) is 6.27. The second-order valence-corrected chi connectivity index (χ2v) is 15.1. The summed E-state index contributed by atoms with van der Waals surface area (Å²) in [6.07, 6.45) is 35.2. The Morgan fingerprint density at radius 1 is 0.388 bits per heavy atom. The van der Waals surface area contributed by atoms with Crippen molar-refractivity contribution >= 4 is 17.9 Å². The Bertz CT molecular complexity index is 736. The van der Waals surface area contributed by atoms with E-state index in [1.54, 1.807) is 0 Å². The van der Waals surface area contributed by atoms with Crippen molar-refractivity contribution in [3.8, 4) is 0 Å². The third kappa shape index (κ3) is 37.5. The molecule has 6 heteroatoms. The minimum atomic E-state index is -0.757. The highest BCUT2D eigenvalue weighted by molar-refractivity contribution is 5.71. The minimum Gasteiger partial charge on any atom is -0.462 e. The van der Waals surface area contributed by atoms with E-state index in [-0.39, 0.29) is 31.1 Å². The SMILES string of the molecule is CCCCCCCCCCCC(=O)OC[C@H](COC(=O)CCCCCCCCCCCCC(C)C)OC(=O)CCCCCCCCCCC. The van der Waals surface area contributed by atoms with Crippen LogP contribution in [0.2, 0.25) is 0 Å². The molecule has 0 aromatic heterocycles. The number of hydrogen-bond acceptors (Lipinski definition) is 6. The van der Waals surface area contributed by atoms with E-state index in [0.29, 0.717) is 19.3 Å². The summed E-state index contributed by atoms with van der Waals surface area (Å²) in [4.78, 5) is 37.5. The van der Waals surface area contributed by atoms with E-state index in [1.165, 1.54) is 128 Å². The van der Waals surface area contributed by atoms with E-state index in [2.05, 4.69) is 27.7 Å². The molecule has 0 amide bonds. The molecule has 0 aromatic carbocycles. The van der Waals surface area contributed by atoms with Crippen LogP contribution >= 0.6 is 0 Å². The molecule has 0 saturated carbocycles. The third-order valence-corrected chi connectivity index (χ3v) is 9.54. The van der Waals surface area contributed by atoms with Crippen molar-refractivity contribution in [1.82, 2.24) is 0 Å². The van der Waals surface area contributed by atoms with Crippen molar-refractivity contribution in [3.05, 3.63) is 0 Å². The first kappa shape index (κ1) is 47.4. The van der Waals surface area contributed by atoms with Crippen molar-refractivity contribution in [2.45, 2.75) is 239 Å². The zero-order chi connectivity index (χ0) is 36.0. The Balaban J connectivity index is 4.30. The number of carbonyl (C=O) groups excluding carboxylic acids is 3. The Morgan fingerprint density at radius 2 is 0.673 bits per heavy atom. The number of ether oxygens (including phenoxy) is 3. The van der Waals surface area contributed by atoms with Crippen LogP contribution in [0.15, 0.2) is 0 Å². The highest BCUT2D eigenvalue weighted by Gasteiger charge is 2.19. The van der Waals surface area contributed by atoms with E-state index in [4.69, 9.17) is 14.2 Å². The first-order valence-corrected chi connectivity index (χ1v) is 21.4. The van der Waals surface area contributed by atoms with Crippen LogP contribution in [0.25, 0.3) is 0 Å². The van der Waals surface area contributed by atoms with Gasteiger partial charge in [-0.3, -0.25) is 14.4 Å². The molecule has 0 radical (unpaired) electrons. The maximum Gasteiger partial charge on any atom is 0.306 e. The number of unbranched alkanes of at least 4 members (excludes halogenated alkanes) is 25. The summed E-state index contributed by atoms with van der Waals surface area (Å²) in [5, 5.41) is 0. The summed E-state index contributed by atoms with van der Waals surface area (Å²) >= 11 is 0. The van der Waals surface area contributed by atoms with Gasteiger partial charge in [0.1, 0.15) is 13.2 Å². The molecule has 0 N–H and O–H groups in total. The summed E-state index contributed by atoms with van der Waals surface area (Å²) in [6.45, 7) is 8.93. The van der Waals surface area contributed by atoms with Crippen LogP contribution in [0.4, 0.5) is 0 Å². The average molecular weight is 695 g/mol. The van der Waals surface area contributed by atoms with Gasteiger partial charge in [-0.05, 0) is 25.2 Å². The third-order valence-electron chi connectivity index (χ3n) is 9.54. The molecule has 1 atom stereocenters. The molecule has 0 saturated heterocycles. The molecule has 0 rings (SSSR count). The molecule has 0 aliphatic carbocycles. The molecule has 0 aliphatic rings. The van der Waals surface area contributed by atoms with Crippen molar-refractivity contribution in [1.29, 1.82) is 0 Å². The Hall–Kier alpha value is -1.59. The average Bonchev–Trinajstić information content (AvgIpc) is 3.08. The van der Waals surface area contributed by atoms with Crippen LogP contribution in [-0.4, -0.2) is 37.2 Å². The summed E-state index contributed by atoms with van der Waals surface area (Å²) in [6, 6.07) is 0. The van der Waals surface area contributed by atoms with Crippen LogP contribution in [0.3, 0.4) is 0 Å². The van der Waals surface area contributed by atoms with Gasteiger partial charge in [0.05, 0.1) is 0 Å². The van der Waals surface area contributed by atoms with Gasteiger partial charge in [-0.25, -0.2) is 0 Å². The summed E-state index contributed by atoms with van der Waals surface area (Å²) in [5.74, 6) is -0.0449. The van der Waals surface area contributed by atoms with Gasteiger partial charge in [0, 0.05) is 19.3 Å². The second-order valence-electron chi connectivity index (χ2n) is 15.1. The molecule has 290 valence electrons. The van der Waals surface area contributed by atoms with E-state index >= 15 is 0 Å². The Morgan fingerprint density at radius 3 is 1.00 bits per heavy atom. The summed E-state index contributed by atoms with van der Waals surface area (Å²) in [7, 11) is 0. The Labute approximate surface area is 304 Å². The molecule has 6 nitrogen and oxygen atoms in total. The lowest BCUT2D eigenvalue weighted by molar-refractivity contribution is -0.167. The number of carbonyl (C=O) groups is 3. The fourth-order valence-corrected chi connectivity index (χ4v) is 6.27. The molecule has 0 bridgehead atoms. The van der Waals surface area contributed by atoms with Gasteiger partial charge in [-0.15, -0.1) is 0 Å². The maximum atomic E-state index is 12.6. The number of rotatable bonds is 38. The number of esters is 3. The predicted octanol–water partition coefficient (Wildman–Crippen LogP) is 13.2. The van der Waals surface area contributed by atoms with Crippen molar-refractivity contribution in [3.63, 3.8) is 0 Å². The van der Waals surface area contributed by atoms with Gasteiger partial charge in [0.25, 0.3) is 0 Å². The minimum absolute atomic E-state index is 0.0647. The lowest BCUT2D eigenvalue weighted by Gasteiger charge is -2.18. The van der Waals surface area contributed by atoms with Crippen LogP contribution in [0, 0.1) is 5.92 Å². The van der Waals surface area contributed by atoms with E-state index in [0.717, 1.165) is 63.7 Å². The monoisotopic (exact) mass is 695 g/mol. The zero-order valence-electron chi connectivity index (χ0n) is 33.1. The van der Waals surface area contributed by atoms with Crippen molar-refractivity contribution in [2.75, 3.05) is 13.2 Å². The second kappa shape index (κ2) is 37.7. The molecule has 0 spiro atoms. The van der Waals surface area contributed by atoms with Crippen molar-refractivity contribution < 1.29 is 28.6 Å². The molecule has 0 unspecified atom stereocenters. The smallest absolute Gasteiger partial charge is 0.306 e. The standard InChI is InChI=1S/C43H82O6/c1-5-7-9-11-13-17-22-26-30-34-41(44)47-37-40(49-43(46)36-32-28-24-18-14-12-10-8-6-2)38-48-42(45)35-31-27-23-20-16-15-19-21-25-29-33-39(3)4/h39-40H,5-38H2,1-4H3/t40-/m1/s1. The largest absolute Gasteiger partial charge is 0.462 e. The maximum absolute atomic E-state index is 12.6. The molecule has 0 fully saturated rings. The molecular weight excluding hydrogens is 612 g/mol. The molecular formula is C43H82O6. The normalized spacial score (nSPS) is 11.9. The lowest BCUT2D eigenvalue weighted by Crippen LogP contribution is -2.30. The highest BCUT2D eigenvalue weighted by atomic mass is 16.6. The lowest BCUT2D eigenvalue weighted by atomic mass is 10.0. The topological polar surface area (TPSA) is 78.9 Å². The molecule has 0 aliphatic heterocycles. The van der Waals surface area contributed by atoms with Crippen LogP contribution < -0.4 is 0 Å². The van der Waals surface area contributed by atoms with E-state index in [9.17, 15) is 14.4 Å². The number of hydrogen-bond donors (Lipinski definition) is 0. The molecule has 49 heavy (non-hydrogen) atoms. The van der Waals surface area contributed by atoms with Crippen molar-refractivity contribution in [2.24, 2.45) is 5.92 Å². The quantitative estimate of drug-likeness (QED) is 0.0364. The molecule has 0 aromatic rings. The van der Waals surface area contributed by atoms with Gasteiger partial charge in [-0.2, -0.15) is 0 Å². The van der Waals surface area contributed by atoms with Gasteiger partial charge in [0.2, 0.25) is 0 Å². The fraction of sp³-hybridized carbons (Fsp3) is 0.930. The summed E-state index contributed by atoms with van der Waals surface area (Å²) < 4.78 is 16.6. The highest BCUT2D eigenvalue weighted by Crippen LogP contribution is 2.15. The summed E-state index contributed by atoms with van der Waals surface area (Å²) in [5.41, 5.74) is 0. The zero-order valence-corrected chi connectivity index (χ0v) is 33.1. The van der Waals surface area contributed by atoms with Gasteiger partial charge in [-0.1, -0.05) is 195 Å². The van der Waals surface area contributed by atoms with Gasteiger partial charge < -0.3 is 14.2 Å². The first-order valence-electron chi connectivity index (χ1n) is 21.4. The van der Waals surface area contributed by atoms with Crippen LogP contribution in [0.1, 0.15) is 233 Å². The van der Waals surface area contributed by atoms with Crippen LogP contribution in [-0.2, 0) is 28.6 Å². The molecule has 0 heterocycles. The van der Waals surface area contributed by atoms with Gasteiger partial charge >= 0.3 is 17.9 Å². The first-order chi connectivity index (χ1) is 23.9.